The lowest BCUT2D eigenvalue weighted by Crippen LogP contribution is -2.14. The first-order valence-electron chi connectivity index (χ1n) is 4.60. The first-order valence-corrected chi connectivity index (χ1v) is 4.60. The maximum Gasteiger partial charge on any atom is 0.239 e. The molecule has 0 saturated carbocycles. The summed E-state index contributed by atoms with van der Waals surface area (Å²) in [5.74, 6) is 1.52. The summed E-state index contributed by atoms with van der Waals surface area (Å²) in [5.41, 5.74) is 5.44. The van der Waals surface area contributed by atoms with E-state index < -0.39 is 0 Å². The fourth-order valence-corrected chi connectivity index (χ4v) is 1.82. The van der Waals surface area contributed by atoms with Gasteiger partial charge in [-0.05, 0) is 12.8 Å². The molecule has 5 heteroatoms. The molecule has 0 amide bonds. The van der Waals surface area contributed by atoms with E-state index in [1.54, 1.807) is 0 Å². The van der Waals surface area contributed by atoms with E-state index >= 15 is 0 Å². The second-order valence-electron chi connectivity index (χ2n) is 3.29. The zero-order valence-corrected chi connectivity index (χ0v) is 7.66. The Bertz CT molecular complexity index is 285. The van der Waals surface area contributed by atoms with Crippen molar-refractivity contribution in [2.75, 3.05) is 12.3 Å². The maximum atomic E-state index is 5.55. The molecule has 2 unspecified atom stereocenters. The fraction of sp³-hybridized carbons (Fsp3) is 0.750. The van der Waals surface area contributed by atoms with Gasteiger partial charge in [0, 0.05) is 12.5 Å². The molecule has 1 aliphatic heterocycles. The molecule has 0 aliphatic carbocycles. The number of nitrogen functional groups attached to an aromatic ring is 1. The predicted molar refractivity (Wildman–Crippen MR) is 48.2 cm³/mol. The molecular weight excluding hydrogens is 168 g/mol. The Hall–Kier alpha value is -1.10. The lowest BCUT2D eigenvalue weighted by atomic mass is 9.99. The van der Waals surface area contributed by atoms with Crippen molar-refractivity contribution in [2.45, 2.75) is 31.8 Å². The SMILES string of the molecule is CCC1OCCC1c1nc(N)n[nH]1. The van der Waals surface area contributed by atoms with Crippen LogP contribution in [-0.2, 0) is 4.74 Å². The number of rotatable bonds is 2. The molecule has 2 rings (SSSR count). The van der Waals surface area contributed by atoms with E-state index in [-0.39, 0.29) is 6.10 Å². The number of aromatic nitrogens is 3. The predicted octanol–water partition coefficient (Wildman–Crippen LogP) is 0.669. The molecule has 1 aliphatic rings. The summed E-state index contributed by atoms with van der Waals surface area (Å²) in [4.78, 5) is 4.12. The third kappa shape index (κ3) is 1.51. The van der Waals surface area contributed by atoms with Gasteiger partial charge in [0.1, 0.15) is 5.82 Å². The van der Waals surface area contributed by atoms with E-state index in [4.69, 9.17) is 10.5 Å². The van der Waals surface area contributed by atoms with Crippen molar-refractivity contribution < 1.29 is 4.74 Å². The number of H-pyrrole nitrogens is 1. The number of ether oxygens (including phenoxy) is 1. The average molecular weight is 182 g/mol. The molecule has 72 valence electrons. The van der Waals surface area contributed by atoms with Crippen LogP contribution in [0.2, 0.25) is 0 Å². The van der Waals surface area contributed by atoms with Crippen molar-refractivity contribution in [3.8, 4) is 0 Å². The summed E-state index contributed by atoms with van der Waals surface area (Å²) >= 11 is 0. The van der Waals surface area contributed by atoms with Crippen LogP contribution in [0.3, 0.4) is 0 Å². The molecule has 0 radical (unpaired) electrons. The number of hydrogen-bond acceptors (Lipinski definition) is 4. The van der Waals surface area contributed by atoms with Crippen LogP contribution in [0.25, 0.3) is 0 Å². The van der Waals surface area contributed by atoms with Crippen LogP contribution in [0.4, 0.5) is 5.95 Å². The third-order valence-electron chi connectivity index (χ3n) is 2.48. The Balaban J connectivity index is 2.15. The summed E-state index contributed by atoms with van der Waals surface area (Å²) in [5, 5.41) is 6.66. The highest BCUT2D eigenvalue weighted by molar-refractivity contribution is 5.15. The molecule has 3 N–H and O–H groups in total. The monoisotopic (exact) mass is 182 g/mol. The van der Waals surface area contributed by atoms with Crippen LogP contribution >= 0.6 is 0 Å². The van der Waals surface area contributed by atoms with Crippen molar-refractivity contribution in [2.24, 2.45) is 0 Å². The van der Waals surface area contributed by atoms with E-state index in [1.807, 2.05) is 0 Å². The number of hydrogen-bond donors (Lipinski definition) is 2. The molecule has 2 heterocycles. The molecule has 2 atom stereocenters. The van der Waals surface area contributed by atoms with Gasteiger partial charge in [0.25, 0.3) is 0 Å². The first-order chi connectivity index (χ1) is 6.31. The molecule has 1 aromatic rings. The Kier molecular flexibility index (Phi) is 2.18. The molecule has 1 aromatic heterocycles. The number of nitrogens with two attached hydrogens (primary N) is 1. The molecule has 5 nitrogen and oxygen atoms in total. The van der Waals surface area contributed by atoms with Crippen LogP contribution in [0, 0.1) is 0 Å². The van der Waals surface area contributed by atoms with Crippen LogP contribution < -0.4 is 5.73 Å². The fourth-order valence-electron chi connectivity index (χ4n) is 1.82. The van der Waals surface area contributed by atoms with E-state index in [1.165, 1.54) is 0 Å². The van der Waals surface area contributed by atoms with Gasteiger partial charge in [-0.25, -0.2) is 0 Å². The topological polar surface area (TPSA) is 76.8 Å². The van der Waals surface area contributed by atoms with Gasteiger partial charge in [0.15, 0.2) is 0 Å². The summed E-state index contributed by atoms with van der Waals surface area (Å²) in [7, 11) is 0. The van der Waals surface area contributed by atoms with Crippen LogP contribution in [0.15, 0.2) is 0 Å². The highest BCUT2D eigenvalue weighted by atomic mass is 16.5. The molecular formula is C8H14N4O. The Morgan fingerprint density at radius 2 is 2.54 bits per heavy atom. The van der Waals surface area contributed by atoms with Crippen LogP contribution in [0.5, 0.6) is 0 Å². The minimum Gasteiger partial charge on any atom is -0.377 e. The highest BCUT2D eigenvalue weighted by Crippen LogP contribution is 2.30. The summed E-state index contributed by atoms with van der Waals surface area (Å²) in [6.07, 6.45) is 2.28. The summed E-state index contributed by atoms with van der Waals surface area (Å²) in [6.45, 7) is 2.92. The zero-order valence-electron chi connectivity index (χ0n) is 7.66. The maximum absolute atomic E-state index is 5.55. The van der Waals surface area contributed by atoms with Crippen molar-refractivity contribution >= 4 is 5.95 Å². The molecule has 13 heavy (non-hydrogen) atoms. The zero-order chi connectivity index (χ0) is 9.26. The van der Waals surface area contributed by atoms with Gasteiger partial charge in [0.2, 0.25) is 5.95 Å². The summed E-state index contributed by atoms with van der Waals surface area (Å²) < 4.78 is 5.55. The molecule has 0 aromatic carbocycles. The first kappa shape index (κ1) is 8.50. The van der Waals surface area contributed by atoms with Crippen LogP contribution in [0.1, 0.15) is 31.5 Å². The smallest absolute Gasteiger partial charge is 0.239 e. The van der Waals surface area contributed by atoms with E-state index in [2.05, 4.69) is 22.1 Å². The van der Waals surface area contributed by atoms with Crippen molar-refractivity contribution in [3.63, 3.8) is 0 Å². The van der Waals surface area contributed by atoms with Crippen molar-refractivity contribution in [1.82, 2.24) is 15.2 Å². The van der Waals surface area contributed by atoms with Crippen LogP contribution in [-0.4, -0.2) is 27.9 Å². The molecule has 0 bridgehead atoms. The number of anilines is 1. The van der Waals surface area contributed by atoms with E-state index in [0.29, 0.717) is 11.9 Å². The van der Waals surface area contributed by atoms with Gasteiger partial charge in [-0.3, -0.25) is 5.10 Å². The average Bonchev–Trinajstić information content (AvgIpc) is 2.71. The van der Waals surface area contributed by atoms with Gasteiger partial charge in [-0.2, -0.15) is 4.98 Å². The molecule has 0 spiro atoms. The van der Waals surface area contributed by atoms with Gasteiger partial charge in [-0.15, -0.1) is 5.10 Å². The number of nitrogens with one attached hydrogen (secondary N) is 1. The summed E-state index contributed by atoms with van der Waals surface area (Å²) in [6, 6.07) is 0. The minimum absolute atomic E-state index is 0.271. The van der Waals surface area contributed by atoms with Gasteiger partial charge >= 0.3 is 0 Å². The normalized spacial score (nSPS) is 28.1. The minimum atomic E-state index is 0.271. The third-order valence-corrected chi connectivity index (χ3v) is 2.48. The largest absolute Gasteiger partial charge is 0.377 e. The lowest BCUT2D eigenvalue weighted by Gasteiger charge is -2.13. The number of nitrogens with zero attached hydrogens (tertiary/aromatic N) is 2. The van der Waals surface area contributed by atoms with Gasteiger partial charge in [0.05, 0.1) is 6.10 Å². The number of aromatic amines is 1. The Morgan fingerprint density at radius 3 is 3.15 bits per heavy atom. The second kappa shape index (κ2) is 3.33. The molecule has 1 saturated heterocycles. The quantitative estimate of drug-likeness (QED) is 0.704. The van der Waals surface area contributed by atoms with E-state index in [9.17, 15) is 0 Å². The second-order valence-corrected chi connectivity index (χ2v) is 3.29. The molecule has 1 fully saturated rings. The standard InChI is InChI=1S/C8H14N4O/c1-2-6-5(3-4-13-6)7-10-8(9)12-11-7/h5-6H,2-4H2,1H3,(H3,9,10,11,12). The Labute approximate surface area is 76.7 Å². The Morgan fingerprint density at radius 1 is 1.69 bits per heavy atom. The van der Waals surface area contributed by atoms with Crippen molar-refractivity contribution in [1.29, 1.82) is 0 Å². The lowest BCUT2D eigenvalue weighted by molar-refractivity contribution is 0.0995. The van der Waals surface area contributed by atoms with Gasteiger partial charge < -0.3 is 10.5 Å². The highest BCUT2D eigenvalue weighted by Gasteiger charge is 2.30. The van der Waals surface area contributed by atoms with Gasteiger partial charge in [-0.1, -0.05) is 6.92 Å². The van der Waals surface area contributed by atoms with E-state index in [0.717, 1.165) is 25.3 Å². The van der Waals surface area contributed by atoms with Crippen molar-refractivity contribution in [3.05, 3.63) is 5.82 Å².